The highest BCUT2D eigenvalue weighted by Gasteiger charge is 2.29. The Bertz CT molecular complexity index is 499. The molecule has 1 aromatic carbocycles. The summed E-state index contributed by atoms with van der Waals surface area (Å²) in [5.41, 5.74) is 1.64. The van der Waals surface area contributed by atoms with Crippen LogP contribution < -0.4 is 16.0 Å². The second-order valence-electron chi connectivity index (χ2n) is 4.12. The minimum atomic E-state index is -0.842. The lowest BCUT2D eigenvalue weighted by Crippen LogP contribution is -2.56. The third-order valence-corrected chi connectivity index (χ3v) is 3.03. The zero-order valence-corrected chi connectivity index (χ0v) is 10.9. The summed E-state index contributed by atoms with van der Waals surface area (Å²) >= 11 is 4.14. The van der Waals surface area contributed by atoms with E-state index in [-0.39, 0.29) is 6.42 Å². The summed E-state index contributed by atoms with van der Waals surface area (Å²) in [7, 11) is 0. The molecule has 0 unspecified atom stereocenters. The Balaban J connectivity index is 1.99. The zero-order chi connectivity index (χ0) is 13.8. The van der Waals surface area contributed by atoms with Gasteiger partial charge >= 0.3 is 6.03 Å². The van der Waals surface area contributed by atoms with E-state index in [0.29, 0.717) is 11.4 Å². The molecule has 1 aliphatic heterocycles. The van der Waals surface area contributed by atoms with E-state index in [1.54, 1.807) is 12.1 Å². The highest BCUT2D eigenvalue weighted by atomic mass is 32.1. The number of thiol groups is 1. The number of hydrogen-bond acceptors (Lipinski definition) is 4. The Hall–Kier alpha value is -2.02. The van der Waals surface area contributed by atoms with Gasteiger partial charge in [-0.2, -0.15) is 12.6 Å². The van der Waals surface area contributed by atoms with Gasteiger partial charge in [0.1, 0.15) is 6.04 Å². The van der Waals surface area contributed by atoms with Gasteiger partial charge in [0.25, 0.3) is 0 Å². The predicted octanol–water partition coefficient (Wildman–Crippen LogP) is 0.653. The highest BCUT2D eigenvalue weighted by molar-refractivity contribution is 7.79. The molecule has 19 heavy (non-hydrogen) atoms. The number of nitrogens with one attached hydrogen (secondary N) is 3. The molecule has 1 saturated heterocycles. The van der Waals surface area contributed by atoms with E-state index in [9.17, 15) is 14.4 Å². The van der Waals surface area contributed by atoms with Crippen LogP contribution in [0.2, 0.25) is 0 Å². The molecule has 0 saturated carbocycles. The maximum absolute atomic E-state index is 11.9. The van der Waals surface area contributed by atoms with Crippen molar-refractivity contribution in [3.05, 3.63) is 29.8 Å². The van der Waals surface area contributed by atoms with E-state index in [0.717, 1.165) is 5.56 Å². The summed E-state index contributed by atoms with van der Waals surface area (Å²) < 4.78 is 0. The van der Waals surface area contributed by atoms with Gasteiger partial charge in [0, 0.05) is 11.4 Å². The first-order chi connectivity index (χ1) is 9.08. The number of carbonyl (C=O) groups excluding carboxylic acids is 3. The standard InChI is InChI=1S/C12H13N3O3S/c16-10-5-9(14-12(18)15-10)11(17)13-8-3-1-7(6-19)2-4-8/h1-4,9,19H,5-6H2,(H,13,17)(H2,14,15,16,18)/t9-/m0/s1. The average molecular weight is 279 g/mol. The molecule has 1 heterocycles. The molecule has 6 nitrogen and oxygen atoms in total. The van der Waals surface area contributed by atoms with E-state index >= 15 is 0 Å². The minimum Gasteiger partial charge on any atom is -0.325 e. The number of imide groups is 1. The van der Waals surface area contributed by atoms with Crippen LogP contribution >= 0.6 is 12.6 Å². The molecule has 2 rings (SSSR count). The van der Waals surface area contributed by atoms with Crippen molar-refractivity contribution in [3.63, 3.8) is 0 Å². The molecule has 7 heteroatoms. The normalized spacial score (nSPS) is 18.5. The fraction of sp³-hybridized carbons (Fsp3) is 0.250. The van der Waals surface area contributed by atoms with E-state index in [1.807, 2.05) is 12.1 Å². The van der Waals surface area contributed by atoms with Crippen molar-refractivity contribution < 1.29 is 14.4 Å². The van der Waals surface area contributed by atoms with Gasteiger partial charge in [0.2, 0.25) is 11.8 Å². The quantitative estimate of drug-likeness (QED) is 0.613. The lowest BCUT2D eigenvalue weighted by atomic mass is 10.1. The van der Waals surface area contributed by atoms with Crippen LogP contribution in [0.1, 0.15) is 12.0 Å². The molecule has 1 aromatic rings. The number of benzene rings is 1. The van der Waals surface area contributed by atoms with Crippen LogP contribution in [-0.4, -0.2) is 23.9 Å². The van der Waals surface area contributed by atoms with E-state index < -0.39 is 23.9 Å². The first kappa shape index (κ1) is 13.4. The maximum Gasteiger partial charge on any atom is 0.322 e. The number of carbonyl (C=O) groups is 3. The number of anilines is 1. The molecule has 0 spiro atoms. The lowest BCUT2D eigenvalue weighted by Gasteiger charge is -2.22. The molecule has 0 bridgehead atoms. The monoisotopic (exact) mass is 279 g/mol. The van der Waals surface area contributed by atoms with Crippen LogP contribution in [0.3, 0.4) is 0 Å². The number of amides is 4. The van der Waals surface area contributed by atoms with E-state index in [4.69, 9.17) is 0 Å². The van der Waals surface area contributed by atoms with Crippen molar-refractivity contribution in [3.8, 4) is 0 Å². The Kier molecular flexibility index (Phi) is 4.06. The van der Waals surface area contributed by atoms with Crippen LogP contribution in [0.15, 0.2) is 24.3 Å². The molecule has 0 aliphatic carbocycles. The average Bonchev–Trinajstić information content (AvgIpc) is 2.38. The van der Waals surface area contributed by atoms with Crippen molar-refractivity contribution in [2.75, 3.05) is 5.32 Å². The Morgan fingerprint density at radius 3 is 2.58 bits per heavy atom. The molecule has 1 atom stereocenters. The third kappa shape index (κ3) is 3.47. The fourth-order valence-electron chi connectivity index (χ4n) is 1.69. The molecule has 0 aromatic heterocycles. The van der Waals surface area contributed by atoms with Gasteiger partial charge < -0.3 is 10.6 Å². The molecule has 1 aliphatic rings. The van der Waals surface area contributed by atoms with Crippen molar-refractivity contribution in [1.29, 1.82) is 0 Å². The van der Waals surface area contributed by atoms with Gasteiger partial charge in [-0.1, -0.05) is 12.1 Å². The summed E-state index contributed by atoms with van der Waals surface area (Å²) in [5, 5.41) is 7.11. The van der Waals surface area contributed by atoms with Crippen LogP contribution in [0.5, 0.6) is 0 Å². The van der Waals surface area contributed by atoms with Gasteiger partial charge in [-0.15, -0.1) is 0 Å². The van der Waals surface area contributed by atoms with Gasteiger partial charge in [-0.05, 0) is 17.7 Å². The Labute approximate surface area is 115 Å². The summed E-state index contributed by atoms with van der Waals surface area (Å²) in [5.74, 6) is -0.260. The second-order valence-corrected chi connectivity index (χ2v) is 4.44. The van der Waals surface area contributed by atoms with Crippen LogP contribution in [-0.2, 0) is 15.3 Å². The lowest BCUT2D eigenvalue weighted by molar-refractivity contribution is -0.126. The summed E-state index contributed by atoms with van der Waals surface area (Å²) in [6.07, 6.45) is -0.0632. The van der Waals surface area contributed by atoms with Crippen molar-refractivity contribution in [1.82, 2.24) is 10.6 Å². The largest absolute Gasteiger partial charge is 0.325 e. The van der Waals surface area contributed by atoms with Crippen molar-refractivity contribution in [2.45, 2.75) is 18.2 Å². The van der Waals surface area contributed by atoms with Crippen molar-refractivity contribution >= 4 is 36.2 Å². The predicted molar refractivity (Wildman–Crippen MR) is 72.8 cm³/mol. The smallest absolute Gasteiger partial charge is 0.322 e. The molecule has 100 valence electrons. The molecule has 4 amide bonds. The first-order valence-electron chi connectivity index (χ1n) is 5.69. The summed E-state index contributed by atoms with van der Waals surface area (Å²) in [6, 6.07) is 5.68. The minimum absolute atomic E-state index is 0.0632. The molecule has 3 N–H and O–H groups in total. The summed E-state index contributed by atoms with van der Waals surface area (Å²) in [6.45, 7) is 0. The molecule has 1 fully saturated rings. The SMILES string of the molecule is O=C1C[C@@H](C(=O)Nc2ccc(CS)cc2)NC(=O)N1. The third-order valence-electron chi connectivity index (χ3n) is 2.67. The van der Waals surface area contributed by atoms with E-state index in [1.165, 1.54) is 0 Å². The highest BCUT2D eigenvalue weighted by Crippen LogP contribution is 2.12. The number of rotatable bonds is 3. The van der Waals surface area contributed by atoms with Gasteiger partial charge in [0.05, 0.1) is 6.42 Å². The zero-order valence-electron chi connectivity index (χ0n) is 9.97. The van der Waals surface area contributed by atoms with Gasteiger partial charge in [-0.3, -0.25) is 14.9 Å². The van der Waals surface area contributed by atoms with Crippen molar-refractivity contribution in [2.24, 2.45) is 0 Å². The topological polar surface area (TPSA) is 87.3 Å². The Morgan fingerprint density at radius 2 is 2.00 bits per heavy atom. The first-order valence-corrected chi connectivity index (χ1v) is 6.33. The molecule has 0 radical (unpaired) electrons. The summed E-state index contributed by atoms with van der Waals surface area (Å²) in [4.78, 5) is 34.1. The van der Waals surface area contributed by atoms with Crippen LogP contribution in [0.25, 0.3) is 0 Å². The number of hydrogen-bond donors (Lipinski definition) is 4. The fourth-order valence-corrected chi connectivity index (χ4v) is 1.90. The van der Waals surface area contributed by atoms with E-state index in [2.05, 4.69) is 28.6 Å². The van der Waals surface area contributed by atoms with Gasteiger partial charge in [0.15, 0.2) is 0 Å². The molecular weight excluding hydrogens is 266 g/mol. The molecular formula is C12H13N3O3S. The van der Waals surface area contributed by atoms with Gasteiger partial charge in [-0.25, -0.2) is 4.79 Å². The maximum atomic E-state index is 11.9. The number of urea groups is 1. The second kappa shape index (κ2) is 5.75. The van der Waals surface area contributed by atoms with Crippen LogP contribution in [0, 0.1) is 0 Å². The Morgan fingerprint density at radius 1 is 1.32 bits per heavy atom. The van der Waals surface area contributed by atoms with Crippen LogP contribution in [0.4, 0.5) is 10.5 Å².